The molecule has 114 valence electrons. The van der Waals surface area contributed by atoms with Gasteiger partial charge in [-0.25, -0.2) is 0 Å². The van der Waals surface area contributed by atoms with Crippen LogP contribution in [0, 0.1) is 17.8 Å². The standard InChI is InChI=1S/C16H29N3O/c1-11(2)8-13(10-17)9-15-18-16(19-20-15)14-6-4-12(3)5-7-14/h11-14H,4-10,17H2,1-3H3. The van der Waals surface area contributed by atoms with Gasteiger partial charge in [0.05, 0.1) is 0 Å². The lowest BCUT2D eigenvalue weighted by molar-refractivity contribution is 0.313. The van der Waals surface area contributed by atoms with Crippen molar-refractivity contribution in [2.45, 2.75) is 65.2 Å². The summed E-state index contributed by atoms with van der Waals surface area (Å²) < 4.78 is 5.44. The van der Waals surface area contributed by atoms with Crippen molar-refractivity contribution in [2.75, 3.05) is 6.54 Å². The minimum atomic E-state index is 0.453. The van der Waals surface area contributed by atoms with Crippen LogP contribution in [0.1, 0.15) is 70.5 Å². The third-order valence-corrected chi connectivity index (χ3v) is 4.47. The average molecular weight is 279 g/mol. The molecule has 1 heterocycles. The SMILES string of the molecule is CC(C)CC(CN)Cc1nc(C2CCC(C)CC2)no1. The normalized spacial score (nSPS) is 25.1. The summed E-state index contributed by atoms with van der Waals surface area (Å²) in [5, 5.41) is 4.20. The molecule has 0 bridgehead atoms. The third kappa shape index (κ3) is 4.30. The van der Waals surface area contributed by atoms with Crippen LogP contribution in [0.3, 0.4) is 0 Å². The van der Waals surface area contributed by atoms with Gasteiger partial charge >= 0.3 is 0 Å². The van der Waals surface area contributed by atoms with Crippen LogP contribution in [0.5, 0.6) is 0 Å². The zero-order chi connectivity index (χ0) is 14.5. The Morgan fingerprint density at radius 1 is 1.25 bits per heavy atom. The number of rotatable bonds is 6. The molecule has 1 unspecified atom stereocenters. The van der Waals surface area contributed by atoms with Crippen molar-refractivity contribution >= 4 is 0 Å². The zero-order valence-corrected chi connectivity index (χ0v) is 13.1. The first-order valence-electron chi connectivity index (χ1n) is 8.11. The van der Waals surface area contributed by atoms with Crippen molar-refractivity contribution in [1.29, 1.82) is 0 Å². The Bertz CT molecular complexity index is 394. The van der Waals surface area contributed by atoms with Gasteiger partial charge < -0.3 is 10.3 Å². The molecule has 0 aromatic carbocycles. The molecule has 1 aromatic heterocycles. The lowest BCUT2D eigenvalue weighted by Crippen LogP contribution is -2.19. The Labute approximate surface area is 122 Å². The number of hydrogen-bond donors (Lipinski definition) is 1. The molecular formula is C16H29N3O. The quantitative estimate of drug-likeness (QED) is 0.865. The predicted molar refractivity (Wildman–Crippen MR) is 80.4 cm³/mol. The van der Waals surface area contributed by atoms with Crippen molar-refractivity contribution in [3.05, 3.63) is 11.7 Å². The average Bonchev–Trinajstić information content (AvgIpc) is 2.87. The van der Waals surface area contributed by atoms with Crippen LogP contribution in [0.4, 0.5) is 0 Å². The molecule has 0 radical (unpaired) electrons. The molecule has 0 spiro atoms. The molecule has 1 saturated carbocycles. The molecule has 1 aromatic rings. The first-order chi connectivity index (χ1) is 9.58. The minimum absolute atomic E-state index is 0.453. The molecule has 4 nitrogen and oxygen atoms in total. The fourth-order valence-corrected chi connectivity index (χ4v) is 3.21. The fourth-order valence-electron chi connectivity index (χ4n) is 3.21. The van der Waals surface area contributed by atoms with Crippen LogP contribution < -0.4 is 5.73 Å². The second-order valence-corrected chi connectivity index (χ2v) is 6.94. The topological polar surface area (TPSA) is 64.9 Å². The van der Waals surface area contributed by atoms with Crippen molar-refractivity contribution in [3.63, 3.8) is 0 Å². The van der Waals surface area contributed by atoms with Crippen LogP contribution in [0.15, 0.2) is 4.52 Å². The molecular weight excluding hydrogens is 250 g/mol. The van der Waals surface area contributed by atoms with Crippen LogP contribution in [0.2, 0.25) is 0 Å². The summed E-state index contributed by atoms with van der Waals surface area (Å²) in [5.41, 5.74) is 5.84. The van der Waals surface area contributed by atoms with Gasteiger partial charge in [0.2, 0.25) is 5.89 Å². The van der Waals surface area contributed by atoms with Crippen LogP contribution >= 0.6 is 0 Å². The molecule has 0 amide bonds. The second kappa shape index (κ2) is 7.21. The molecule has 2 N–H and O–H groups in total. The van der Waals surface area contributed by atoms with E-state index in [2.05, 4.69) is 30.9 Å². The smallest absolute Gasteiger partial charge is 0.226 e. The van der Waals surface area contributed by atoms with Gasteiger partial charge in [0, 0.05) is 12.3 Å². The van der Waals surface area contributed by atoms with Gasteiger partial charge in [0.15, 0.2) is 5.82 Å². The van der Waals surface area contributed by atoms with E-state index in [1.54, 1.807) is 0 Å². The highest BCUT2D eigenvalue weighted by molar-refractivity contribution is 4.98. The van der Waals surface area contributed by atoms with Gasteiger partial charge in [0.1, 0.15) is 0 Å². The molecule has 1 fully saturated rings. The number of hydrogen-bond acceptors (Lipinski definition) is 4. The highest BCUT2D eigenvalue weighted by atomic mass is 16.5. The van der Waals surface area contributed by atoms with Gasteiger partial charge in [-0.1, -0.05) is 38.8 Å². The Morgan fingerprint density at radius 2 is 1.95 bits per heavy atom. The number of nitrogens with zero attached hydrogens (tertiary/aromatic N) is 2. The molecule has 1 aliphatic carbocycles. The van der Waals surface area contributed by atoms with E-state index in [1.165, 1.54) is 25.7 Å². The van der Waals surface area contributed by atoms with E-state index in [4.69, 9.17) is 10.3 Å². The van der Waals surface area contributed by atoms with Gasteiger partial charge in [-0.15, -0.1) is 0 Å². The van der Waals surface area contributed by atoms with E-state index < -0.39 is 0 Å². The third-order valence-electron chi connectivity index (χ3n) is 4.47. The maximum absolute atomic E-state index is 5.84. The fraction of sp³-hybridized carbons (Fsp3) is 0.875. The zero-order valence-electron chi connectivity index (χ0n) is 13.1. The molecule has 20 heavy (non-hydrogen) atoms. The molecule has 1 atom stereocenters. The van der Waals surface area contributed by atoms with Crippen molar-refractivity contribution in [3.8, 4) is 0 Å². The lowest BCUT2D eigenvalue weighted by Gasteiger charge is -2.23. The lowest BCUT2D eigenvalue weighted by atomic mass is 9.83. The first-order valence-corrected chi connectivity index (χ1v) is 8.11. The Balaban J connectivity index is 1.91. The van der Waals surface area contributed by atoms with E-state index in [9.17, 15) is 0 Å². The largest absolute Gasteiger partial charge is 0.339 e. The van der Waals surface area contributed by atoms with E-state index in [1.807, 2.05) is 0 Å². The summed E-state index contributed by atoms with van der Waals surface area (Å²) in [4.78, 5) is 4.62. The maximum Gasteiger partial charge on any atom is 0.226 e. The van der Waals surface area contributed by atoms with E-state index >= 15 is 0 Å². The van der Waals surface area contributed by atoms with Crippen LogP contribution in [-0.2, 0) is 6.42 Å². The number of aromatic nitrogens is 2. The van der Waals surface area contributed by atoms with Gasteiger partial charge in [-0.05, 0) is 43.6 Å². The highest BCUT2D eigenvalue weighted by Crippen LogP contribution is 2.34. The summed E-state index contributed by atoms with van der Waals surface area (Å²) in [6.07, 6.45) is 6.92. The minimum Gasteiger partial charge on any atom is -0.339 e. The van der Waals surface area contributed by atoms with Crippen molar-refractivity contribution in [2.24, 2.45) is 23.5 Å². The maximum atomic E-state index is 5.84. The summed E-state index contributed by atoms with van der Waals surface area (Å²) in [7, 11) is 0. The first kappa shape index (κ1) is 15.5. The van der Waals surface area contributed by atoms with Gasteiger partial charge in [0.25, 0.3) is 0 Å². The molecule has 4 heteroatoms. The molecule has 1 aliphatic rings. The van der Waals surface area contributed by atoms with Crippen molar-refractivity contribution in [1.82, 2.24) is 10.1 Å². The van der Waals surface area contributed by atoms with Crippen LogP contribution in [-0.4, -0.2) is 16.7 Å². The second-order valence-electron chi connectivity index (χ2n) is 6.94. The Hall–Kier alpha value is -0.900. The Morgan fingerprint density at radius 3 is 2.55 bits per heavy atom. The summed E-state index contributed by atoms with van der Waals surface area (Å²) in [6, 6.07) is 0. The highest BCUT2D eigenvalue weighted by Gasteiger charge is 2.24. The van der Waals surface area contributed by atoms with E-state index in [0.717, 1.165) is 30.5 Å². The number of nitrogens with two attached hydrogens (primary N) is 1. The predicted octanol–water partition coefficient (Wildman–Crippen LogP) is 3.53. The van der Waals surface area contributed by atoms with Crippen molar-refractivity contribution < 1.29 is 4.52 Å². The van der Waals surface area contributed by atoms with E-state index in [-0.39, 0.29) is 0 Å². The summed E-state index contributed by atoms with van der Waals surface area (Å²) >= 11 is 0. The molecule has 0 aliphatic heterocycles. The monoisotopic (exact) mass is 279 g/mol. The van der Waals surface area contributed by atoms with Gasteiger partial charge in [-0.2, -0.15) is 4.98 Å². The molecule has 0 saturated heterocycles. The summed E-state index contributed by atoms with van der Waals surface area (Å²) in [5.74, 6) is 4.16. The van der Waals surface area contributed by atoms with Crippen LogP contribution in [0.25, 0.3) is 0 Å². The Kier molecular flexibility index (Phi) is 5.58. The van der Waals surface area contributed by atoms with E-state index in [0.29, 0.717) is 24.3 Å². The molecule has 2 rings (SSSR count). The summed E-state index contributed by atoms with van der Waals surface area (Å²) in [6.45, 7) is 7.47. The van der Waals surface area contributed by atoms with Gasteiger partial charge in [-0.3, -0.25) is 0 Å².